The number of hydrogen-bond donors (Lipinski definition) is 2. The number of anilines is 1. The Hall–Kier alpha value is -0.760. The summed E-state index contributed by atoms with van der Waals surface area (Å²) in [6.45, 7) is 6.56. The summed E-state index contributed by atoms with van der Waals surface area (Å²) in [7, 11) is 0. The molecule has 1 aliphatic rings. The highest BCUT2D eigenvalue weighted by atomic mass is 32.1. The van der Waals surface area contributed by atoms with Gasteiger partial charge in [0.05, 0.1) is 25.9 Å². The summed E-state index contributed by atoms with van der Waals surface area (Å²) in [4.78, 5) is 2.39. The van der Waals surface area contributed by atoms with Crippen molar-refractivity contribution in [2.75, 3.05) is 38.2 Å². The number of aliphatic hydroxyl groups excluding tert-OH is 1. The number of nitrogens with zero attached hydrogens (tertiary/aromatic N) is 3. The molecular formula is C13H24N4O2S. The molecule has 0 saturated carbocycles. The summed E-state index contributed by atoms with van der Waals surface area (Å²) in [5, 5.41) is 22.4. The molecular weight excluding hydrogens is 276 g/mol. The summed E-state index contributed by atoms with van der Waals surface area (Å²) >= 11 is 1.64. The van der Waals surface area contributed by atoms with Crippen LogP contribution in [0.3, 0.4) is 0 Å². The first-order chi connectivity index (χ1) is 9.81. The highest BCUT2D eigenvalue weighted by Gasteiger charge is 2.20. The lowest BCUT2D eigenvalue weighted by Gasteiger charge is -2.31. The van der Waals surface area contributed by atoms with Crippen LogP contribution in [0.2, 0.25) is 0 Å². The van der Waals surface area contributed by atoms with Crippen molar-refractivity contribution < 1.29 is 9.84 Å². The largest absolute Gasteiger partial charge is 0.394 e. The second-order valence-electron chi connectivity index (χ2n) is 5.00. The molecule has 0 aliphatic carbocycles. The lowest BCUT2D eigenvalue weighted by Crippen LogP contribution is -2.36. The van der Waals surface area contributed by atoms with Crippen molar-refractivity contribution in [3.8, 4) is 0 Å². The molecule has 0 bridgehead atoms. The van der Waals surface area contributed by atoms with Crippen molar-refractivity contribution in [3.05, 3.63) is 5.01 Å². The Morgan fingerprint density at radius 3 is 2.90 bits per heavy atom. The van der Waals surface area contributed by atoms with Crippen molar-refractivity contribution in [2.24, 2.45) is 0 Å². The summed E-state index contributed by atoms with van der Waals surface area (Å²) in [5.41, 5.74) is 0. The fourth-order valence-corrected chi connectivity index (χ4v) is 3.07. The Kier molecular flexibility index (Phi) is 6.65. The lowest BCUT2D eigenvalue weighted by atomic mass is 10.1. The monoisotopic (exact) mass is 300 g/mol. The highest BCUT2D eigenvalue weighted by molar-refractivity contribution is 7.15. The van der Waals surface area contributed by atoms with Gasteiger partial charge in [-0.1, -0.05) is 18.3 Å². The van der Waals surface area contributed by atoms with E-state index in [1.165, 1.54) is 0 Å². The van der Waals surface area contributed by atoms with E-state index >= 15 is 0 Å². The summed E-state index contributed by atoms with van der Waals surface area (Å²) in [5.74, 6) is 0. The SMILES string of the molecule is CCCNc1nnc(CN2CCC(OCCO)CC2)s1. The Bertz CT molecular complexity index is 380. The molecule has 1 saturated heterocycles. The second kappa shape index (κ2) is 8.51. The van der Waals surface area contributed by atoms with Crippen LogP contribution < -0.4 is 5.32 Å². The molecule has 2 rings (SSSR count). The standard InChI is InChI=1S/C13H24N4O2S/c1-2-5-14-13-16-15-12(20-13)10-17-6-3-11(4-7-17)19-9-8-18/h11,18H,2-10H2,1H3,(H,14,16). The Labute approximate surface area is 124 Å². The van der Waals surface area contributed by atoms with Crippen LogP contribution in [0.1, 0.15) is 31.2 Å². The summed E-state index contributed by atoms with van der Waals surface area (Å²) in [6.07, 6.45) is 3.45. The molecule has 1 aliphatic heterocycles. The van der Waals surface area contributed by atoms with Gasteiger partial charge in [0.25, 0.3) is 0 Å². The van der Waals surface area contributed by atoms with Gasteiger partial charge in [-0.25, -0.2) is 0 Å². The third-order valence-corrected chi connectivity index (χ3v) is 4.20. The minimum absolute atomic E-state index is 0.110. The topological polar surface area (TPSA) is 70.5 Å². The lowest BCUT2D eigenvalue weighted by molar-refractivity contribution is -0.00904. The predicted octanol–water partition coefficient (Wildman–Crippen LogP) is 1.33. The van der Waals surface area contributed by atoms with Crippen LogP contribution in [0.25, 0.3) is 0 Å². The molecule has 0 amide bonds. The quantitative estimate of drug-likeness (QED) is 0.755. The molecule has 0 radical (unpaired) electrons. The summed E-state index contributed by atoms with van der Waals surface area (Å²) in [6, 6.07) is 0. The van der Waals surface area contributed by atoms with Crippen LogP contribution >= 0.6 is 11.3 Å². The summed E-state index contributed by atoms with van der Waals surface area (Å²) < 4.78 is 5.57. The third-order valence-electron chi connectivity index (χ3n) is 3.33. The number of aliphatic hydroxyl groups is 1. The average Bonchev–Trinajstić information content (AvgIpc) is 2.92. The Morgan fingerprint density at radius 1 is 1.40 bits per heavy atom. The Balaban J connectivity index is 1.70. The normalized spacial score (nSPS) is 17.5. The number of nitrogens with one attached hydrogen (secondary N) is 1. The maximum absolute atomic E-state index is 8.75. The van der Waals surface area contributed by atoms with Crippen LogP contribution in [-0.2, 0) is 11.3 Å². The zero-order valence-electron chi connectivity index (χ0n) is 12.0. The first kappa shape index (κ1) is 15.6. The van der Waals surface area contributed by atoms with Gasteiger partial charge in [-0.15, -0.1) is 10.2 Å². The second-order valence-corrected chi connectivity index (χ2v) is 6.06. The number of piperidine rings is 1. The molecule has 0 spiro atoms. The molecule has 0 aromatic carbocycles. The molecule has 114 valence electrons. The maximum Gasteiger partial charge on any atom is 0.205 e. The Morgan fingerprint density at radius 2 is 2.20 bits per heavy atom. The molecule has 0 unspecified atom stereocenters. The van der Waals surface area contributed by atoms with Gasteiger partial charge in [0.15, 0.2) is 0 Å². The average molecular weight is 300 g/mol. The van der Waals surface area contributed by atoms with Crippen molar-refractivity contribution in [1.82, 2.24) is 15.1 Å². The van der Waals surface area contributed by atoms with Crippen LogP contribution in [0.15, 0.2) is 0 Å². The number of ether oxygens (including phenoxy) is 1. The van der Waals surface area contributed by atoms with E-state index in [-0.39, 0.29) is 6.61 Å². The van der Waals surface area contributed by atoms with Gasteiger partial charge in [0.1, 0.15) is 5.01 Å². The number of aromatic nitrogens is 2. The zero-order chi connectivity index (χ0) is 14.2. The van der Waals surface area contributed by atoms with E-state index in [2.05, 4.69) is 27.3 Å². The third kappa shape index (κ3) is 4.97. The first-order valence-corrected chi connectivity index (χ1v) is 8.14. The minimum Gasteiger partial charge on any atom is -0.394 e. The van der Waals surface area contributed by atoms with Gasteiger partial charge >= 0.3 is 0 Å². The van der Waals surface area contributed by atoms with Gasteiger partial charge in [-0.05, 0) is 19.3 Å². The number of likely N-dealkylation sites (tertiary alicyclic amines) is 1. The zero-order valence-corrected chi connectivity index (χ0v) is 12.9. The fraction of sp³-hybridized carbons (Fsp3) is 0.846. The molecule has 20 heavy (non-hydrogen) atoms. The van der Waals surface area contributed by atoms with E-state index < -0.39 is 0 Å². The van der Waals surface area contributed by atoms with E-state index in [0.29, 0.717) is 12.7 Å². The van der Waals surface area contributed by atoms with Crippen LogP contribution in [0.4, 0.5) is 5.13 Å². The molecule has 0 atom stereocenters. The van der Waals surface area contributed by atoms with Gasteiger partial charge in [-0.2, -0.15) is 0 Å². The van der Waals surface area contributed by atoms with Crippen LogP contribution in [0.5, 0.6) is 0 Å². The van der Waals surface area contributed by atoms with E-state index in [1.54, 1.807) is 11.3 Å². The molecule has 1 aromatic rings. The van der Waals surface area contributed by atoms with Gasteiger partial charge < -0.3 is 15.2 Å². The van der Waals surface area contributed by atoms with Crippen LogP contribution in [-0.4, -0.2) is 59.2 Å². The fourth-order valence-electron chi connectivity index (χ4n) is 2.27. The van der Waals surface area contributed by atoms with Gasteiger partial charge in [-0.3, -0.25) is 4.90 Å². The predicted molar refractivity (Wildman–Crippen MR) is 80.0 cm³/mol. The molecule has 6 nitrogen and oxygen atoms in total. The van der Waals surface area contributed by atoms with Crippen molar-refractivity contribution >= 4 is 16.5 Å². The molecule has 2 N–H and O–H groups in total. The minimum atomic E-state index is 0.110. The molecule has 7 heteroatoms. The van der Waals surface area contributed by atoms with Crippen LogP contribution in [0, 0.1) is 0 Å². The maximum atomic E-state index is 8.75. The van der Waals surface area contributed by atoms with Crippen molar-refractivity contribution in [1.29, 1.82) is 0 Å². The van der Waals surface area contributed by atoms with Crippen molar-refractivity contribution in [3.63, 3.8) is 0 Å². The first-order valence-electron chi connectivity index (χ1n) is 7.33. The van der Waals surface area contributed by atoms with Crippen molar-refractivity contribution in [2.45, 2.75) is 38.8 Å². The van der Waals surface area contributed by atoms with E-state index in [1.807, 2.05) is 0 Å². The highest BCUT2D eigenvalue weighted by Crippen LogP contribution is 2.20. The smallest absolute Gasteiger partial charge is 0.205 e. The van der Waals surface area contributed by atoms with Gasteiger partial charge in [0.2, 0.25) is 5.13 Å². The van der Waals surface area contributed by atoms with E-state index in [9.17, 15) is 0 Å². The van der Waals surface area contributed by atoms with E-state index in [4.69, 9.17) is 9.84 Å². The molecule has 1 fully saturated rings. The molecule has 2 heterocycles. The molecule has 1 aromatic heterocycles. The number of hydrogen-bond acceptors (Lipinski definition) is 7. The van der Waals surface area contributed by atoms with Gasteiger partial charge in [0, 0.05) is 19.6 Å². The number of rotatable bonds is 8. The van der Waals surface area contributed by atoms with E-state index in [0.717, 1.165) is 55.6 Å².